The van der Waals surface area contributed by atoms with Crippen molar-refractivity contribution in [2.45, 2.75) is 51.5 Å². The molecule has 2 amide bonds. The monoisotopic (exact) mass is 598 g/mol. The molecule has 3 aromatic heterocycles. The van der Waals surface area contributed by atoms with E-state index in [1.165, 1.54) is 35.0 Å². The van der Waals surface area contributed by atoms with Crippen molar-refractivity contribution in [2.75, 3.05) is 23.0 Å². The normalized spacial score (nSPS) is 13.5. The summed E-state index contributed by atoms with van der Waals surface area (Å²) >= 11 is 0. The molecule has 10 nitrogen and oxygen atoms in total. The van der Waals surface area contributed by atoms with E-state index in [2.05, 4.69) is 31.0 Å². The number of halogens is 2. The number of carbonyl (C=O) groups excluding carboxylic acids is 1. The Balaban J connectivity index is 1.34. The Morgan fingerprint density at radius 1 is 1.02 bits per heavy atom. The summed E-state index contributed by atoms with van der Waals surface area (Å²) in [6.45, 7) is 3.89. The first-order valence-electron chi connectivity index (χ1n) is 14.6. The summed E-state index contributed by atoms with van der Waals surface area (Å²) in [5, 5.41) is 13.4. The van der Waals surface area contributed by atoms with Gasteiger partial charge < -0.3 is 10.6 Å². The largest absolute Gasteiger partial charge is 0.357 e. The van der Waals surface area contributed by atoms with Gasteiger partial charge >= 0.3 is 6.03 Å². The van der Waals surface area contributed by atoms with Crippen LogP contribution < -0.4 is 21.5 Å². The number of nitrogens with zero attached hydrogens (tertiary/aromatic N) is 5. The molecule has 12 heteroatoms. The van der Waals surface area contributed by atoms with Crippen LogP contribution in [0, 0.1) is 11.6 Å². The van der Waals surface area contributed by atoms with E-state index in [-0.39, 0.29) is 29.0 Å². The van der Waals surface area contributed by atoms with Gasteiger partial charge in [-0.15, -0.1) is 0 Å². The summed E-state index contributed by atoms with van der Waals surface area (Å²) in [5.74, 6) is -0.399. The van der Waals surface area contributed by atoms with Crippen LogP contribution in [0.5, 0.6) is 0 Å². The van der Waals surface area contributed by atoms with Crippen LogP contribution in [0.4, 0.5) is 31.0 Å². The van der Waals surface area contributed by atoms with Crippen molar-refractivity contribution < 1.29 is 13.6 Å². The van der Waals surface area contributed by atoms with Crippen molar-refractivity contribution >= 4 is 34.5 Å². The lowest BCUT2D eigenvalue weighted by Gasteiger charge is -2.18. The fourth-order valence-electron chi connectivity index (χ4n) is 5.58. The number of aromatic nitrogens is 5. The summed E-state index contributed by atoms with van der Waals surface area (Å²) in [4.78, 5) is 36.0. The van der Waals surface area contributed by atoms with Crippen LogP contribution in [0.15, 0.2) is 65.6 Å². The Kier molecular flexibility index (Phi) is 7.81. The molecule has 1 fully saturated rings. The molecular weight excluding hydrogens is 566 g/mol. The van der Waals surface area contributed by atoms with E-state index in [0.717, 1.165) is 25.7 Å². The second kappa shape index (κ2) is 11.9. The van der Waals surface area contributed by atoms with Gasteiger partial charge in [0.2, 0.25) is 5.95 Å². The third-order valence-corrected chi connectivity index (χ3v) is 7.83. The lowest BCUT2D eigenvalue weighted by Crippen LogP contribution is -2.26. The van der Waals surface area contributed by atoms with E-state index >= 15 is 4.39 Å². The third-order valence-electron chi connectivity index (χ3n) is 7.83. The van der Waals surface area contributed by atoms with Crippen molar-refractivity contribution in [1.29, 1.82) is 0 Å². The second-order valence-corrected chi connectivity index (χ2v) is 11.2. The van der Waals surface area contributed by atoms with E-state index in [4.69, 9.17) is 0 Å². The first-order valence-corrected chi connectivity index (χ1v) is 14.6. The van der Waals surface area contributed by atoms with Crippen molar-refractivity contribution in [3.63, 3.8) is 0 Å². The number of rotatable bonds is 7. The van der Waals surface area contributed by atoms with Crippen LogP contribution in [-0.2, 0) is 0 Å². The molecule has 1 aliphatic carbocycles. The standard InChI is InChI=1S/C32H32F2N8O2/c1-18(2)26-16-28(42(40-26)23-10-6-7-21(33)15-23)38-32(44)37-27-14-19(11-12-25(27)34)24-13-20-17-36-31(35-3)39-29(20)41(30(24)43)22-8-4-5-9-22/h6-7,10-18,22H,4-5,8-9H2,1-3H3,(H,35,36,39)(H2,37,38,44). The van der Waals surface area contributed by atoms with Gasteiger partial charge in [-0.25, -0.2) is 23.2 Å². The second-order valence-electron chi connectivity index (χ2n) is 11.2. The molecule has 1 aliphatic rings. The van der Waals surface area contributed by atoms with Gasteiger partial charge in [-0.2, -0.15) is 10.1 Å². The molecule has 0 radical (unpaired) electrons. The number of amides is 2. The zero-order valence-corrected chi connectivity index (χ0v) is 24.6. The molecule has 0 atom stereocenters. The Morgan fingerprint density at radius 3 is 2.55 bits per heavy atom. The lowest BCUT2D eigenvalue weighted by atomic mass is 10.0. The van der Waals surface area contributed by atoms with Gasteiger partial charge in [0, 0.05) is 36.3 Å². The minimum atomic E-state index is -0.733. The zero-order chi connectivity index (χ0) is 31.0. The smallest absolute Gasteiger partial charge is 0.324 e. The Hall–Kier alpha value is -5.13. The minimum absolute atomic E-state index is 0.00736. The number of pyridine rings is 1. The predicted molar refractivity (Wildman–Crippen MR) is 166 cm³/mol. The molecule has 5 aromatic rings. The predicted octanol–water partition coefficient (Wildman–Crippen LogP) is 6.85. The number of hydrogen-bond donors (Lipinski definition) is 3. The maximum Gasteiger partial charge on any atom is 0.324 e. The number of fused-ring (bicyclic) bond motifs is 1. The molecule has 6 rings (SSSR count). The van der Waals surface area contributed by atoms with Crippen molar-refractivity contribution in [3.8, 4) is 16.8 Å². The first kappa shape index (κ1) is 29.0. The summed E-state index contributed by atoms with van der Waals surface area (Å²) in [6, 6.07) is 12.6. The zero-order valence-electron chi connectivity index (χ0n) is 24.6. The summed E-state index contributed by atoms with van der Waals surface area (Å²) in [6.07, 6.45) is 5.41. The maximum absolute atomic E-state index is 15.0. The average Bonchev–Trinajstić information content (AvgIpc) is 3.69. The van der Waals surface area contributed by atoms with E-state index < -0.39 is 17.7 Å². The maximum atomic E-state index is 15.0. The van der Waals surface area contributed by atoms with Crippen LogP contribution in [-0.4, -0.2) is 37.4 Å². The SMILES string of the molecule is CNc1ncc2cc(-c3ccc(F)c(NC(=O)Nc4cc(C(C)C)nn4-c4cccc(F)c4)c3)c(=O)n(C3CCCC3)c2n1. The Labute approximate surface area is 252 Å². The van der Waals surface area contributed by atoms with Crippen molar-refractivity contribution in [3.05, 3.63) is 88.5 Å². The van der Waals surface area contributed by atoms with Crippen molar-refractivity contribution in [1.82, 2.24) is 24.3 Å². The molecule has 2 aromatic carbocycles. The molecule has 0 bridgehead atoms. The quantitative estimate of drug-likeness (QED) is 0.189. The van der Waals surface area contributed by atoms with E-state index in [0.29, 0.717) is 39.5 Å². The van der Waals surface area contributed by atoms with Crippen LogP contribution in [0.3, 0.4) is 0 Å². The van der Waals surface area contributed by atoms with E-state index in [1.807, 2.05) is 13.8 Å². The summed E-state index contributed by atoms with van der Waals surface area (Å²) in [7, 11) is 1.72. The number of anilines is 3. The first-order chi connectivity index (χ1) is 21.2. The molecular formula is C32H32F2N8O2. The highest BCUT2D eigenvalue weighted by Gasteiger charge is 2.24. The summed E-state index contributed by atoms with van der Waals surface area (Å²) in [5.41, 5.74) is 2.06. The van der Waals surface area contributed by atoms with Gasteiger partial charge in [0.25, 0.3) is 5.56 Å². The fourth-order valence-corrected chi connectivity index (χ4v) is 5.58. The van der Waals surface area contributed by atoms with Gasteiger partial charge in [0.15, 0.2) is 0 Å². The summed E-state index contributed by atoms with van der Waals surface area (Å²) < 4.78 is 32.1. The molecule has 44 heavy (non-hydrogen) atoms. The minimum Gasteiger partial charge on any atom is -0.357 e. The van der Waals surface area contributed by atoms with Gasteiger partial charge in [0.1, 0.15) is 23.1 Å². The third kappa shape index (κ3) is 5.62. The van der Waals surface area contributed by atoms with E-state index in [1.54, 1.807) is 42.1 Å². The van der Waals surface area contributed by atoms with E-state index in [9.17, 15) is 14.0 Å². The van der Waals surface area contributed by atoms with Gasteiger partial charge in [-0.1, -0.05) is 38.8 Å². The highest BCUT2D eigenvalue weighted by atomic mass is 19.1. The number of benzene rings is 2. The molecule has 0 aliphatic heterocycles. The Bertz CT molecular complexity index is 1930. The highest BCUT2D eigenvalue weighted by molar-refractivity contribution is 6.00. The van der Waals surface area contributed by atoms with Crippen LogP contribution in [0.2, 0.25) is 0 Å². The number of nitrogens with one attached hydrogen (secondary N) is 3. The van der Waals surface area contributed by atoms with Gasteiger partial charge in [-0.3, -0.25) is 14.7 Å². The molecule has 226 valence electrons. The Morgan fingerprint density at radius 2 is 1.82 bits per heavy atom. The molecule has 0 saturated heterocycles. The molecule has 3 N–H and O–H groups in total. The van der Waals surface area contributed by atoms with Gasteiger partial charge in [-0.05, 0) is 60.7 Å². The van der Waals surface area contributed by atoms with Crippen molar-refractivity contribution in [2.24, 2.45) is 0 Å². The average molecular weight is 599 g/mol. The topological polar surface area (TPSA) is 119 Å². The lowest BCUT2D eigenvalue weighted by molar-refractivity contribution is 0.262. The van der Waals surface area contributed by atoms with Crippen LogP contribution in [0.25, 0.3) is 27.8 Å². The number of urea groups is 1. The van der Waals surface area contributed by atoms with Crippen LogP contribution >= 0.6 is 0 Å². The number of carbonyl (C=O) groups is 1. The molecule has 0 unspecified atom stereocenters. The molecule has 0 spiro atoms. The van der Waals surface area contributed by atoms with Gasteiger partial charge in [0.05, 0.1) is 17.1 Å². The highest BCUT2D eigenvalue weighted by Crippen LogP contribution is 2.33. The molecule has 3 heterocycles. The van der Waals surface area contributed by atoms with Crippen LogP contribution in [0.1, 0.15) is 57.2 Å². The fraction of sp³-hybridized carbons (Fsp3) is 0.281. The number of hydrogen-bond acceptors (Lipinski definition) is 6. The molecule has 1 saturated carbocycles.